The number of piperazine rings is 1. The van der Waals surface area contributed by atoms with Crippen molar-refractivity contribution < 1.29 is 4.79 Å². The molecule has 0 bridgehead atoms. The lowest BCUT2D eigenvalue weighted by molar-refractivity contribution is 0.0628. The normalized spacial score (nSPS) is 17.1. The molecule has 0 unspecified atom stereocenters. The van der Waals surface area contributed by atoms with Crippen LogP contribution in [0.1, 0.15) is 9.80 Å². The smallest absolute Gasteiger partial charge is 0.284 e. The van der Waals surface area contributed by atoms with Crippen molar-refractivity contribution in [1.82, 2.24) is 24.9 Å². The SMILES string of the molecule is CN(C)CCN1CCN(C(=O)c2nnc(N)s2)CC1. The number of anilines is 1. The maximum atomic E-state index is 12.1. The fourth-order valence-electron chi connectivity index (χ4n) is 1.97. The molecular formula is C11H20N6OS. The predicted molar refractivity (Wildman–Crippen MR) is 75.2 cm³/mol. The molecular weight excluding hydrogens is 264 g/mol. The van der Waals surface area contributed by atoms with E-state index in [9.17, 15) is 4.79 Å². The molecule has 0 spiro atoms. The highest BCUT2D eigenvalue weighted by atomic mass is 32.1. The van der Waals surface area contributed by atoms with Gasteiger partial charge in [0, 0.05) is 39.3 Å². The number of nitrogens with zero attached hydrogens (tertiary/aromatic N) is 5. The van der Waals surface area contributed by atoms with Gasteiger partial charge in [0.2, 0.25) is 10.1 Å². The van der Waals surface area contributed by atoms with Gasteiger partial charge in [-0.3, -0.25) is 9.69 Å². The standard InChI is InChI=1S/C11H20N6OS/c1-15(2)3-4-16-5-7-17(8-6-16)10(18)9-13-14-11(12)19-9/h3-8H2,1-2H3,(H2,12,14). The van der Waals surface area contributed by atoms with Crippen molar-refractivity contribution in [2.45, 2.75) is 0 Å². The van der Waals surface area contributed by atoms with E-state index in [0.29, 0.717) is 10.1 Å². The van der Waals surface area contributed by atoms with Crippen LogP contribution in [0.4, 0.5) is 5.13 Å². The summed E-state index contributed by atoms with van der Waals surface area (Å²) in [6.45, 7) is 5.39. The molecule has 2 heterocycles. The second-order valence-corrected chi connectivity index (χ2v) is 5.89. The zero-order chi connectivity index (χ0) is 13.8. The Morgan fingerprint density at radius 3 is 2.53 bits per heavy atom. The van der Waals surface area contributed by atoms with Crippen LogP contribution in [0.5, 0.6) is 0 Å². The molecule has 0 aliphatic carbocycles. The number of likely N-dealkylation sites (N-methyl/N-ethyl adjacent to an activating group) is 1. The van der Waals surface area contributed by atoms with Crippen LogP contribution >= 0.6 is 11.3 Å². The minimum atomic E-state index is -0.0542. The first-order valence-electron chi connectivity index (χ1n) is 6.31. The summed E-state index contributed by atoms with van der Waals surface area (Å²) in [6, 6.07) is 0. The molecule has 0 radical (unpaired) electrons. The summed E-state index contributed by atoms with van der Waals surface area (Å²) in [7, 11) is 4.14. The highest BCUT2D eigenvalue weighted by molar-refractivity contribution is 7.16. The van der Waals surface area contributed by atoms with Crippen molar-refractivity contribution in [2.24, 2.45) is 0 Å². The first kappa shape index (κ1) is 14.2. The van der Waals surface area contributed by atoms with E-state index in [1.807, 2.05) is 4.90 Å². The van der Waals surface area contributed by atoms with Gasteiger partial charge in [-0.1, -0.05) is 11.3 Å². The molecule has 1 saturated heterocycles. The molecule has 1 amide bonds. The lowest BCUT2D eigenvalue weighted by Crippen LogP contribution is -2.49. The van der Waals surface area contributed by atoms with Gasteiger partial charge in [-0.2, -0.15) is 0 Å². The topological polar surface area (TPSA) is 78.6 Å². The van der Waals surface area contributed by atoms with Crippen molar-refractivity contribution in [1.29, 1.82) is 0 Å². The molecule has 0 saturated carbocycles. The zero-order valence-electron chi connectivity index (χ0n) is 11.4. The maximum Gasteiger partial charge on any atom is 0.284 e. The van der Waals surface area contributed by atoms with Gasteiger partial charge in [-0.05, 0) is 14.1 Å². The Morgan fingerprint density at radius 1 is 1.32 bits per heavy atom. The summed E-state index contributed by atoms with van der Waals surface area (Å²) in [5.41, 5.74) is 5.50. The molecule has 106 valence electrons. The van der Waals surface area contributed by atoms with Crippen molar-refractivity contribution in [2.75, 3.05) is 59.1 Å². The molecule has 8 heteroatoms. The Balaban J connectivity index is 1.81. The van der Waals surface area contributed by atoms with Crippen LogP contribution in [0.25, 0.3) is 0 Å². The van der Waals surface area contributed by atoms with Gasteiger partial charge in [0.05, 0.1) is 0 Å². The lowest BCUT2D eigenvalue weighted by Gasteiger charge is -2.34. The van der Waals surface area contributed by atoms with Crippen LogP contribution in [-0.2, 0) is 0 Å². The number of aromatic nitrogens is 2. The Kier molecular flexibility index (Phi) is 4.67. The van der Waals surface area contributed by atoms with E-state index >= 15 is 0 Å². The summed E-state index contributed by atoms with van der Waals surface area (Å²) in [5, 5.41) is 8.21. The molecule has 2 N–H and O–H groups in total. The van der Waals surface area contributed by atoms with Gasteiger partial charge in [0.15, 0.2) is 0 Å². The number of nitrogen functional groups attached to an aromatic ring is 1. The molecule has 1 aliphatic rings. The number of rotatable bonds is 4. The first-order chi connectivity index (χ1) is 9.06. The summed E-state index contributed by atoms with van der Waals surface area (Å²) in [6.07, 6.45) is 0. The fraction of sp³-hybridized carbons (Fsp3) is 0.727. The number of carbonyl (C=O) groups is 1. The quantitative estimate of drug-likeness (QED) is 0.798. The summed E-state index contributed by atoms with van der Waals surface area (Å²) in [5.74, 6) is -0.0542. The van der Waals surface area contributed by atoms with E-state index in [1.54, 1.807) is 0 Å². The highest BCUT2D eigenvalue weighted by Crippen LogP contribution is 2.14. The average molecular weight is 284 g/mol. The Morgan fingerprint density at radius 2 is 2.00 bits per heavy atom. The molecule has 0 atom stereocenters. The van der Waals surface area contributed by atoms with E-state index in [1.165, 1.54) is 0 Å². The minimum Gasteiger partial charge on any atom is -0.374 e. The monoisotopic (exact) mass is 284 g/mol. The molecule has 19 heavy (non-hydrogen) atoms. The van der Waals surface area contributed by atoms with E-state index in [2.05, 4.69) is 34.1 Å². The lowest BCUT2D eigenvalue weighted by atomic mass is 10.3. The molecule has 1 aromatic rings. The number of amides is 1. The molecule has 7 nitrogen and oxygen atoms in total. The first-order valence-corrected chi connectivity index (χ1v) is 7.13. The molecule has 1 aliphatic heterocycles. The van der Waals surface area contributed by atoms with Crippen molar-refractivity contribution in [3.63, 3.8) is 0 Å². The van der Waals surface area contributed by atoms with Crippen LogP contribution in [0, 0.1) is 0 Å². The second-order valence-electron chi connectivity index (χ2n) is 4.88. The minimum absolute atomic E-state index is 0.0542. The number of hydrogen-bond donors (Lipinski definition) is 1. The van der Waals surface area contributed by atoms with E-state index in [0.717, 1.165) is 50.6 Å². The van der Waals surface area contributed by atoms with Crippen molar-refractivity contribution in [3.05, 3.63) is 5.01 Å². The van der Waals surface area contributed by atoms with Gasteiger partial charge < -0.3 is 15.5 Å². The van der Waals surface area contributed by atoms with Crippen LogP contribution in [0.15, 0.2) is 0 Å². The van der Waals surface area contributed by atoms with Crippen molar-refractivity contribution >= 4 is 22.4 Å². The van der Waals surface area contributed by atoms with Crippen LogP contribution < -0.4 is 5.73 Å². The fourth-order valence-corrected chi connectivity index (χ4v) is 2.55. The van der Waals surface area contributed by atoms with Crippen LogP contribution in [0.3, 0.4) is 0 Å². The average Bonchev–Trinajstić information content (AvgIpc) is 2.83. The maximum absolute atomic E-state index is 12.1. The van der Waals surface area contributed by atoms with Gasteiger partial charge in [-0.25, -0.2) is 0 Å². The van der Waals surface area contributed by atoms with E-state index in [4.69, 9.17) is 5.73 Å². The summed E-state index contributed by atoms with van der Waals surface area (Å²) >= 11 is 1.15. The third-order valence-electron chi connectivity index (χ3n) is 3.15. The van der Waals surface area contributed by atoms with Gasteiger partial charge in [0.25, 0.3) is 5.91 Å². The largest absolute Gasteiger partial charge is 0.374 e. The predicted octanol–water partition coefficient (Wildman–Crippen LogP) is -0.560. The van der Waals surface area contributed by atoms with E-state index in [-0.39, 0.29) is 5.91 Å². The number of nitrogens with two attached hydrogens (primary N) is 1. The van der Waals surface area contributed by atoms with Gasteiger partial charge in [-0.15, -0.1) is 10.2 Å². The zero-order valence-corrected chi connectivity index (χ0v) is 12.2. The molecule has 2 rings (SSSR count). The van der Waals surface area contributed by atoms with Crippen molar-refractivity contribution in [3.8, 4) is 0 Å². The second kappa shape index (κ2) is 6.27. The van der Waals surface area contributed by atoms with Crippen LogP contribution in [-0.4, -0.2) is 84.2 Å². The summed E-state index contributed by atoms with van der Waals surface area (Å²) in [4.78, 5) is 18.5. The van der Waals surface area contributed by atoms with Gasteiger partial charge >= 0.3 is 0 Å². The Labute approximate surface area is 117 Å². The van der Waals surface area contributed by atoms with Gasteiger partial charge in [0.1, 0.15) is 0 Å². The number of carbonyl (C=O) groups excluding carboxylic acids is 1. The Hall–Kier alpha value is -1.25. The third-order valence-corrected chi connectivity index (χ3v) is 3.89. The Bertz CT molecular complexity index is 427. The van der Waals surface area contributed by atoms with Crippen LogP contribution in [0.2, 0.25) is 0 Å². The number of hydrogen-bond acceptors (Lipinski definition) is 7. The third kappa shape index (κ3) is 3.85. The summed E-state index contributed by atoms with van der Waals surface area (Å²) < 4.78 is 0. The molecule has 1 aromatic heterocycles. The molecule has 0 aromatic carbocycles. The molecule has 1 fully saturated rings. The van der Waals surface area contributed by atoms with E-state index < -0.39 is 0 Å². The highest BCUT2D eigenvalue weighted by Gasteiger charge is 2.24.